The van der Waals surface area contributed by atoms with E-state index in [1.807, 2.05) is 0 Å². The molecule has 0 radical (unpaired) electrons. The molecule has 18 heavy (non-hydrogen) atoms. The van der Waals surface area contributed by atoms with Crippen LogP contribution in [0.5, 0.6) is 0 Å². The van der Waals surface area contributed by atoms with Gasteiger partial charge in [0.2, 0.25) is 0 Å². The summed E-state index contributed by atoms with van der Waals surface area (Å²) in [7, 11) is 0. The van der Waals surface area contributed by atoms with Crippen molar-refractivity contribution >= 4 is 44.9 Å². The van der Waals surface area contributed by atoms with E-state index in [-0.39, 0.29) is 5.91 Å². The molecular formula is C12H9BrClN3O. The third-order valence-electron chi connectivity index (χ3n) is 2.23. The summed E-state index contributed by atoms with van der Waals surface area (Å²) in [5, 5.41) is 3.25. The molecule has 0 bridgehead atoms. The van der Waals surface area contributed by atoms with Gasteiger partial charge in [-0.1, -0.05) is 11.6 Å². The number of benzene rings is 1. The topological polar surface area (TPSA) is 68.0 Å². The molecule has 6 heteroatoms. The first kappa shape index (κ1) is 12.9. The summed E-state index contributed by atoms with van der Waals surface area (Å²) in [6.45, 7) is 0. The molecule has 0 fully saturated rings. The van der Waals surface area contributed by atoms with Gasteiger partial charge in [0.05, 0.1) is 10.6 Å². The number of aromatic nitrogens is 1. The van der Waals surface area contributed by atoms with Crippen LogP contribution in [-0.4, -0.2) is 10.9 Å². The smallest absolute Gasteiger partial charge is 0.257 e. The van der Waals surface area contributed by atoms with Crippen LogP contribution in [0, 0.1) is 0 Å². The fourth-order valence-electron chi connectivity index (χ4n) is 1.32. The van der Waals surface area contributed by atoms with Gasteiger partial charge >= 0.3 is 0 Å². The van der Waals surface area contributed by atoms with Crippen molar-refractivity contribution in [2.45, 2.75) is 0 Å². The number of hydrogen-bond donors (Lipinski definition) is 2. The van der Waals surface area contributed by atoms with Gasteiger partial charge < -0.3 is 11.1 Å². The van der Waals surface area contributed by atoms with Crippen LogP contribution in [0.3, 0.4) is 0 Å². The molecule has 1 aromatic carbocycles. The fourth-order valence-corrected chi connectivity index (χ4v) is 1.74. The fraction of sp³-hybridized carbons (Fsp3) is 0. The number of nitrogen functional groups attached to an aromatic ring is 1. The number of carbonyl (C=O) groups excluding carboxylic acids is 1. The molecule has 1 heterocycles. The van der Waals surface area contributed by atoms with E-state index in [1.54, 1.807) is 30.3 Å². The quantitative estimate of drug-likeness (QED) is 0.889. The Hall–Kier alpha value is -1.59. The molecule has 0 aliphatic rings. The molecule has 2 rings (SSSR count). The average molecular weight is 327 g/mol. The zero-order valence-corrected chi connectivity index (χ0v) is 11.5. The highest BCUT2D eigenvalue weighted by atomic mass is 79.9. The highest BCUT2D eigenvalue weighted by Gasteiger charge is 2.07. The van der Waals surface area contributed by atoms with Gasteiger partial charge in [-0.25, -0.2) is 4.98 Å². The van der Waals surface area contributed by atoms with E-state index < -0.39 is 0 Å². The Bertz CT molecular complexity index is 586. The van der Waals surface area contributed by atoms with Crippen LogP contribution in [0.1, 0.15) is 10.4 Å². The molecule has 0 atom stereocenters. The number of nitrogens with one attached hydrogen (secondary N) is 1. The molecule has 0 spiro atoms. The van der Waals surface area contributed by atoms with E-state index in [0.29, 0.717) is 22.1 Å². The Kier molecular flexibility index (Phi) is 3.84. The molecule has 0 saturated heterocycles. The van der Waals surface area contributed by atoms with Gasteiger partial charge in [0, 0.05) is 16.4 Å². The van der Waals surface area contributed by atoms with Crippen molar-refractivity contribution in [2.24, 2.45) is 0 Å². The van der Waals surface area contributed by atoms with Gasteiger partial charge in [-0.2, -0.15) is 0 Å². The average Bonchev–Trinajstić information content (AvgIpc) is 2.34. The summed E-state index contributed by atoms with van der Waals surface area (Å²) >= 11 is 9.22. The van der Waals surface area contributed by atoms with Gasteiger partial charge in [-0.05, 0) is 46.3 Å². The Morgan fingerprint density at radius 1 is 1.33 bits per heavy atom. The lowest BCUT2D eigenvalue weighted by Gasteiger charge is -2.06. The Balaban J connectivity index is 2.16. The largest absolute Gasteiger partial charge is 0.384 e. The van der Waals surface area contributed by atoms with Crippen LogP contribution < -0.4 is 11.1 Å². The molecule has 0 aliphatic heterocycles. The number of hydrogen-bond acceptors (Lipinski definition) is 3. The Labute approximate surface area is 117 Å². The highest BCUT2D eigenvalue weighted by molar-refractivity contribution is 9.10. The first-order chi connectivity index (χ1) is 8.56. The number of amides is 1. The second-order valence-corrected chi connectivity index (χ2v) is 4.82. The van der Waals surface area contributed by atoms with Crippen molar-refractivity contribution in [3.05, 3.63) is 51.6 Å². The standard InChI is InChI=1S/C12H9BrClN3O/c13-9-3-2-8(5-10(9)14)17-12(18)7-1-4-11(15)16-6-7/h1-6H,(H2,15,16)(H,17,18). The maximum atomic E-state index is 11.9. The Morgan fingerprint density at radius 2 is 2.11 bits per heavy atom. The van der Waals surface area contributed by atoms with Gasteiger partial charge in [0.25, 0.3) is 5.91 Å². The summed E-state index contributed by atoms with van der Waals surface area (Å²) in [5.74, 6) is 0.110. The van der Waals surface area contributed by atoms with E-state index in [2.05, 4.69) is 26.2 Å². The van der Waals surface area contributed by atoms with Gasteiger partial charge in [0.1, 0.15) is 5.82 Å². The Morgan fingerprint density at radius 3 is 2.72 bits per heavy atom. The molecule has 3 N–H and O–H groups in total. The molecule has 1 amide bonds. The van der Waals surface area contributed by atoms with E-state index in [1.165, 1.54) is 6.20 Å². The SMILES string of the molecule is Nc1ccc(C(=O)Nc2ccc(Br)c(Cl)c2)cn1. The first-order valence-electron chi connectivity index (χ1n) is 5.04. The van der Waals surface area contributed by atoms with E-state index in [0.717, 1.165) is 4.47 Å². The lowest BCUT2D eigenvalue weighted by molar-refractivity contribution is 0.102. The molecule has 2 aromatic rings. The van der Waals surface area contributed by atoms with Crippen LogP contribution in [0.4, 0.5) is 11.5 Å². The molecule has 92 valence electrons. The zero-order chi connectivity index (χ0) is 13.1. The summed E-state index contributed by atoms with van der Waals surface area (Å²) < 4.78 is 0.774. The minimum atomic E-state index is -0.263. The van der Waals surface area contributed by atoms with E-state index >= 15 is 0 Å². The molecular weight excluding hydrogens is 318 g/mol. The van der Waals surface area contributed by atoms with Gasteiger partial charge in [0.15, 0.2) is 0 Å². The van der Waals surface area contributed by atoms with Crippen LogP contribution in [0.25, 0.3) is 0 Å². The van der Waals surface area contributed by atoms with E-state index in [9.17, 15) is 4.79 Å². The van der Waals surface area contributed by atoms with Crippen LogP contribution in [0.2, 0.25) is 5.02 Å². The van der Waals surface area contributed by atoms with Crippen LogP contribution >= 0.6 is 27.5 Å². The molecule has 0 saturated carbocycles. The monoisotopic (exact) mass is 325 g/mol. The highest BCUT2D eigenvalue weighted by Crippen LogP contribution is 2.25. The van der Waals surface area contributed by atoms with Crippen molar-refractivity contribution < 1.29 is 4.79 Å². The number of nitrogens with two attached hydrogens (primary N) is 1. The minimum Gasteiger partial charge on any atom is -0.384 e. The number of rotatable bonds is 2. The summed E-state index contributed by atoms with van der Waals surface area (Å²) in [6.07, 6.45) is 1.42. The predicted molar refractivity (Wildman–Crippen MR) is 75.8 cm³/mol. The van der Waals surface area contributed by atoms with Crippen molar-refractivity contribution in [1.29, 1.82) is 0 Å². The van der Waals surface area contributed by atoms with Crippen molar-refractivity contribution in [3.8, 4) is 0 Å². The van der Waals surface area contributed by atoms with Crippen LogP contribution in [0.15, 0.2) is 41.0 Å². The van der Waals surface area contributed by atoms with Crippen molar-refractivity contribution in [2.75, 3.05) is 11.1 Å². The van der Waals surface area contributed by atoms with Gasteiger partial charge in [-0.15, -0.1) is 0 Å². The lowest BCUT2D eigenvalue weighted by atomic mass is 10.2. The second-order valence-electron chi connectivity index (χ2n) is 3.55. The van der Waals surface area contributed by atoms with Crippen molar-refractivity contribution in [1.82, 2.24) is 4.98 Å². The molecule has 0 unspecified atom stereocenters. The third kappa shape index (κ3) is 3.00. The maximum absolute atomic E-state index is 11.9. The molecule has 0 aliphatic carbocycles. The molecule has 4 nitrogen and oxygen atoms in total. The predicted octanol–water partition coefficient (Wildman–Crippen LogP) is 3.33. The summed E-state index contributed by atoms with van der Waals surface area (Å²) in [5.41, 5.74) is 6.50. The summed E-state index contributed by atoms with van der Waals surface area (Å²) in [4.78, 5) is 15.7. The van der Waals surface area contributed by atoms with Gasteiger partial charge in [-0.3, -0.25) is 4.79 Å². The summed E-state index contributed by atoms with van der Waals surface area (Å²) in [6, 6.07) is 8.35. The number of carbonyl (C=O) groups is 1. The second kappa shape index (κ2) is 5.37. The maximum Gasteiger partial charge on any atom is 0.257 e. The minimum absolute atomic E-state index is 0.263. The van der Waals surface area contributed by atoms with Crippen molar-refractivity contribution in [3.63, 3.8) is 0 Å². The van der Waals surface area contributed by atoms with E-state index in [4.69, 9.17) is 17.3 Å². The third-order valence-corrected chi connectivity index (χ3v) is 3.46. The first-order valence-corrected chi connectivity index (χ1v) is 6.21. The lowest BCUT2D eigenvalue weighted by Crippen LogP contribution is -2.12. The molecule has 1 aromatic heterocycles. The normalized spacial score (nSPS) is 10.1. The zero-order valence-electron chi connectivity index (χ0n) is 9.15. The number of nitrogens with zero attached hydrogens (tertiary/aromatic N) is 1. The van der Waals surface area contributed by atoms with Crippen LogP contribution in [-0.2, 0) is 0 Å². The number of pyridine rings is 1. The number of halogens is 2. The number of anilines is 2.